The van der Waals surface area contributed by atoms with E-state index < -0.39 is 0 Å². The number of rotatable bonds is 5. The molecule has 0 radical (unpaired) electrons. The molecule has 0 spiro atoms. The molecule has 0 saturated heterocycles. The third kappa shape index (κ3) is 2.88. The molecule has 2 rings (SSSR count). The summed E-state index contributed by atoms with van der Waals surface area (Å²) < 4.78 is 0. The minimum Gasteiger partial charge on any atom is -0.304 e. The van der Waals surface area contributed by atoms with Gasteiger partial charge in [0.25, 0.3) is 0 Å². The molecule has 0 aliphatic carbocycles. The van der Waals surface area contributed by atoms with Crippen LogP contribution in [0.5, 0.6) is 0 Å². The summed E-state index contributed by atoms with van der Waals surface area (Å²) in [6.07, 6.45) is 6.31. The van der Waals surface area contributed by atoms with E-state index in [0.29, 0.717) is 0 Å². The Morgan fingerprint density at radius 1 is 1.41 bits per heavy atom. The minimum atomic E-state index is 0.0323. The Hall–Kier alpha value is -1.75. The topological polar surface area (TPSA) is 66.5 Å². The van der Waals surface area contributed by atoms with Gasteiger partial charge < -0.3 is 5.32 Å². The summed E-state index contributed by atoms with van der Waals surface area (Å²) in [7, 11) is 0. The number of hydrogen-bond acceptors (Lipinski definition) is 4. The van der Waals surface area contributed by atoms with Crippen molar-refractivity contribution in [1.29, 1.82) is 0 Å². The summed E-state index contributed by atoms with van der Waals surface area (Å²) in [4.78, 5) is 8.44. The number of pyridine rings is 1. The average molecular weight is 231 g/mol. The lowest BCUT2D eigenvalue weighted by atomic mass is 10.1. The summed E-state index contributed by atoms with van der Waals surface area (Å²) in [6, 6.07) is 2.15. The fraction of sp³-hybridized carbons (Fsp3) is 0.417. The van der Waals surface area contributed by atoms with Crippen molar-refractivity contribution in [2.75, 3.05) is 6.54 Å². The first kappa shape index (κ1) is 11.7. The maximum atomic E-state index is 4.22. The van der Waals surface area contributed by atoms with Crippen molar-refractivity contribution in [3.8, 4) is 0 Å². The molecular formula is C12H17N5. The molecule has 0 saturated carbocycles. The van der Waals surface area contributed by atoms with E-state index in [4.69, 9.17) is 0 Å². The van der Waals surface area contributed by atoms with Crippen LogP contribution < -0.4 is 5.32 Å². The lowest BCUT2D eigenvalue weighted by Crippen LogP contribution is -2.24. The summed E-state index contributed by atoms with van der Waals surface area (Å²) >= 11 is 0. The van der Waals surface area contributed by atoms with Gasteiger partial charge in [0.2, 0.25) is 0 Å². The number of nitrogens with one attached hydrogen (secondary N) is 2. The first-order valence-corrected chi connectivity index (χ1v) is 5.81. The van der Waals surface area contributed by atoms with Crippen LogP contribution in [-0.2, 0) is 0 Å². The van der Waals surface area contributed by atoms with E-state index in [1.165, 1.54) is 6.33 Å². The number of aromatic amines is 1. The second-order valence-electron chi connectivity index (χ2n) is 4.05. The van der Waals surface area contributed by atoms with Gasteiger partial charge in [-0.2, -0.15) is 5.10 Å². The highest BCUT2D eigenvalue weighted by Crippen LogP contribution is 2.18. The van der Waals surface area contributed by atoms with E-state index >= 15 is 0 Å². The molecule has 0 bridgehead atoms. The molecule has 5 nitrogen and oxygen atoms in total. The van der Waals surface area contributed by atoms with Crippen molar-refractivity contribution >= 4 is 0 Å². The van der Waals surface area contributed by atoms with Gasteiger partial charge in [0.05, 0.1) is 6.04 Å². The van der Waals surface area contributed by atoms with Gasteiger partial charge in [-0.15, -0.1) is 0 Å². The fourth-order valence-corrected chi connectivity index (χ4v) is 1.75. The van der Waals surface area contributed by atoms with Crippen LogP contribution in [0.3, 0.4) is 0 Å². The van der Waals surface area contributed by atoms with Crippen molar-refractivity contribution in [3.05, 3.63) is 41.7 Å². The second kappa shape index (κ2) is 5.54. The second-order valence-corrected chi connectivity index (χ2v) is 4.05. The van der Waals surface area contributed by atoms with E-state index in [0.717, 1.165) is 29.9 Å². The molecule has 1 atom stereocenters. The SMILES string of the molecule is CCCNC(c1cncc(C)c1)c1ncn[nH]1. The van der Waals surface area contributed by atoms with Gasteiger partial charge in [0.15, 0.2) is 0 Å². The molecule has 2 N–H and O–H groups in total. The molecule has 2 heterocycles. The van der Waals surface area contributed by atoms with Gasteiger partial charge in [0.1, 0.15) is 12.2 Å². The van der Waals surface area contributed by atoms with Crippen molar-refractivity contribution in [3.63, 3.8) is 0 Å². The largest absolute Gasteiger partial charge is 0.304 e. The maximum Gasteiger partial charge on any atom is 0.146 e. The quantitative estimate of drug-likeness (QED) is 0.820. The Labute approximate surface area is 101 Å². The molecule has 1 unspecified atom stereocenters. The van der Waals surface area contributed by atoms with Crippen LogP contribution >= 0.6 is 0 Å². The zero-order valence-electron chi connectivity index (χ0n) is 10.1. The standard InChI is InChI=1S/C12H17N5/c1-3-4-14-11(12-15-8-16-17-12)10-5-9(2)6-13-7-10/h5-8,11,14H,3-4H2,1-2H3,(H,15,16,17). The molecule has 5 heteroatoms. The molecule has 0 amide bonds. The summed E-state index contributed by atoms with van der Waals surface area (Å²) in [5.41, 5.74) is 2.25. The normalized spacial score (nSPS) is 12.6. The number of nitrogens with zero attached hydrogens (tertiary/aromatic N) is 3. The van der Waals surface area contributed by atoms with E-state index in [2.05, 4.69) is 38.5 Å². The van der Waals surface area contributed by atoms with Crippen LogP contribution in [0.25, 0.3) is 0 Å². The molecule has 0 aliphatic heterocycles. The zero-order valence-corrected chi connectivity index (χ0v) is 10.1. The zero-order chi connectivity index (χ0) is 12.1. The molecule has 2 aromatic rings. The van der Waals surface area contributed by atoms with Crippen molar-refractivity contribution in [2.45, 2.75) is 26.3 Å². The van der Waals surface area contributed by atoms with Crippen LogP contribution in [0.4, 0.5) is 0 Å². The van der Waals surface area contributed by atoms with Gasteiger partial charge >= 0.3 is 0 Å². The Kier molecular flexibility index (Phi) is 3.82. The first-order chi connectivity index (χ1) is 8.31. The van der Waals surface area contributed by atoms with Crippen molar-refractivity contribution in [2.24, 2.45) is 0 Å². The van der Waals surface area contributed by atoms with Gasteiger partial charge in [-0.25, -0.2) is 4.98 Å². The van der Waals surface area contributed by atoms with E-state index in [-0.39, 0.29) is 6.04 Å². The first-order valence-electron chi connectivity index (χ1n) is 5.81. The Balaban J connectivity index is 2.27. The van der Waals surface area contributed by atoms with Crippen LogP contribution in [0, 0.1) is 6.92 Å². The van der Waals surface area contributed by atoms with Gasteiger partial charge in [0, 0.05) is 12.4 Å². The smallest absolute Gasteiger partial charge is 0.146 e. The van der Waals surface area contributed by atoms with Gasteiger partial charge in [-0.05, 0) is 31.0 Å². The third-order valence-electron chi connectivity index (χ3n) is 2.54. The fourth-order valence-electron chi connectivity index (χ4n) is 1.75. The van der Waals surface area contributed by atoms with Crippen LogP contribution in [0.1, 0.15) is 36.3 Å². The lowest BCUT2D eigenvalue weighted by molar-refractivity contribution is 0.572. The molecule has 90 valence electrons. The number of hydrogen-bond donors (Lipinski definition) is 2. The predicted octanol–water partition coefficient (Wildman–Crippen LogP) is 1.60. The van der Waals surface area contributed by atoms with E-state index in [1.807, 2.05) is 19.3 Å². The van der Waals surface area contributed by atoms with Gasteiger partial charge in [-0.3, -0.25) is 10.1 Å². The number of aromatic nitrogens is 4. The minimum absolute atomic E-state index is 0.0323. The van der Waals surface area contributed by atoms with E-state index in [1.54, 1.807) is 0 Å². The molecule has 17 heavy (non-hydrogen) atoms. The number of aryl methyl sites for hydroxylation is 1. The third-order valence-corrected chi connectivity index (χ3v) is 2.54. The molecule has 0 fully saturated rings. The van der Waals surface area contributed by atoms with Crippen LogP contribution in [0.2, 0.25) is 0 Å². The van der Waals surface area contributed by atoms with Crippen molar-refractivity contribution < 1.29 is 0 Å². The Morgan fingerprint density at radius 3 is 2.94 bits per heavy atom. The molecular weight excluding hydrogens is 214 g/mol. The molecule has 0 aliphatic rings. The Morgan fingerprint density at radius 2 is 2.29 bits per heavy atom. The summed E-state index contributed by atoms with van der Waals surface area (Å²) in [5, 5.41) is 10.3. The van der Waals surface area contributed by atoms with E-state index in [9.17, 15) is 0 Å². The highest BCUT2D eigenvalue weighted by Gasteiger charge is 2.16. The Bertz CT molecular complexity index is 452. The maximum absolute atomic E-state index is 4.22. The predicted molar refractivity (Wildman–Crippen MR) is 65.5 cm³/mol. The highest BCUT2D eigenvalue weighted by molar-refractivity contribution is 5.24. The average Bonchev–Trinajstić information content (AvgIpc) is 2.83. The number of H-pyrrole nitrogens is 1. The van der Waals surface area contributed by atoms with Crippen molar-refractivity contribution in [1.82, 2.24) is 25.5 Å². The van der Waals surface area contributed by atoms with Crippen LogP contribution in [0.15, 0.2) is 24.8 Å². The summed E-state index contributed by atoms with van der Waals surface area (Å²) in [5.74, 6) is 0.825. The lowest BCUT2D eigenvalue weighted by Gasteiger charge is -2.16. The monoisotopic (exact) mass is 231 g/mol. The molecule has 2 aromatic heterocycles. The summed E-state index contributed by atoms with van der Waals surface area (Å²) in [6.45, 7) is 5.10. The van der Waals surface area contributed by atoms with Crippen LogP contribution in [-0.4, -0.2) is 26.7 Å². The highest BCUT2D eigenvalue weighted by atomic mass is 15.2. The van der Waals surface area contributed by atoms with Gasteiger partial charge in [-0.1, -0.05) is 13.0 Å². The molecule has 0 aromatic carbocycles.